The highest BCUT2D eigenvalue weighted by Gasteiger charge is 2.43. The summed E-state index contributed by atoms with van der Waals surface area (Å²) in [5.41, 5.74) is 0.838. The Kier molecular flexibility index (Phi) is 3.96. The quantitative estimate of drug-likeness (QED) is 0.855. The van der Waals surface area contributed by atoms with E-state index in [2.05, 4.69) is 6.07 Å². The predicted molar refractivity (Wildman–Crippen MR) is 71.0 cm³/mol. The van der Waals surface area contributed by atoms with Crippen molar-refractivity contribution in [1.29, 1.82) is 5.26 Å². The number of aliphatic hydroxyl groups excluding tert-OH is 1. The van der Waals surface area contributed by atoms with E-state index in [9.17, 15) is 5.11 Å². The van der Waals surface area contributed by atoms with Gasteiger partial charge in [0.05, 0.1) is 25.9 Å². The van der Waals surface area contributed by atoms with Gasteiger partial charge in [0.25, 0.3) is 0 Å². The molecule has 1 N–H and O–H groups in total. The zero-order valence-electron chi connectivity index (χ0n) is 11.3. The molecule has 2 rings (SSSR count). The summed E-state index contributed by atoms with van der Waals surface area (Å²) in [4.78, 5) is 0. The van der Waals surface area contributed by atoms with Crippen LogP contribution >= 0.6 is 0 Å². The van der Waals surface area contributed by atoms with Gasteiger partial charge in [-0.05, 0) is 37.5 Å². The van der Waals surface area contributed by atoms with Gasteiger partial charge in [-0.25, -0.2) is 0 Å². The summed E-state index contributed by atoms with van der Waals surface area (Å²) in [5.74, 6) is 1.28. The molecule has 0 bridgehead atoms. The molecule has 1 fully saturated rings. The third kappa shape index (κ3) is 3.18. The number of nitrogens with zero attached hydrogens (tertiary/aromatic N) is 1. The van der Waals surface area contributed by atoms with E-state index < -0.39 is 6.10 Å². The number of nitriles is 1. The molecule has 1 aromatic rings. The minimum absolute atomic E-state index is 0.0443. The maximum Gasteiger partial charge on any atom is 0.161 e. The lowest BCUT2D eigenvalue weighted by atomic mass is 10.1. The standard InChI is InChI=1S/C15H19NO3/c1-11(17)12-3-4-13(14(9-12)18-2)19-10-15(5-6-15)7-8-16/h3-4,9,11,17H,5-7,10H2,1-2H3/t11-/m1/s1. The van der Waals surface area contributed by atoms with E-state index in [4.69, 9.17) is 14.7 Å². The minimum atomic E-state index is -0.531. The first-order chi connectivity index (χ1) is 9.10. The van der Waals surface area contributed by atoms with E-state index in [1.54, 1.807) is 20.1 Å². The normalized spacial score (nSPS) is 17.4. The predicted octanol–water partition coefficient (Wildman–Crippen LogP) is 2.82. The van der Waals surface area contributed by atoms with Crippen molar-refractivity contribution in [3.05, 3.63) is 23.8 Å². The van der Waals surface area contributed by atoms with Gasteiger partial charge in [-0.1, -0.05) is 6.07 Å². The molecule has 0 unspecified atom stereocenters. The smallest absolute Gasteiger partial charge is 0.161 e. The third-order valence-electron chi connectivity index (χ3n) is 3.62. The molecular weight excluding hydrogens is 242 g/mol. The Morgan fingerprint density at radius 2 is 2.16 bits per heavy atom. The van der Waals surface area contributed by atoms with Crippen LogP contribution in [0.2, 0.25) is 0 Å². The van der Waals surface area contributed by atoms with Crippen LogP contribution in [-0.4, -0.2) is 18.8 Å². The van der Waals surface area contributed by atoms with E-state index in [-0.39, 0.29) is 5.41 Å². The van der Waals surface area contributed by atoms with E-state index in [0.29, 0.717) is 24.5 Å². The van der Waals surface area contributed by atoms with Crippen molar-refractivity contribution in [2.45, 2.75) is 32.3 Å². The summed E-state index contributed by atoms with van der Waals surface area (Å²) in [5, 5.41) is 18.3. The Morgan fingerprint density at radius 3 is 2.68 bits per heavy atom. The number of hydrogen-bond acceptors (Lipinski definition) is 4. The number of rotatable bonds is 6. The molecule has 0 aromatic heterocycles. The molecule has 1 aliphatic carbocycles. The van der Waals surface area contributed by atoms with Gasteiger partial charge in [-0.15, -0.1) is 0 Å². The first-order valence-corrected chi connectivity index (χ1v) is 6.46. The molecule has 19 heavy (non-hydrogen) atoms. The molecule has 4 heteroatoms. The second-order valence-electron chi connectivity index (χ2n) is 5.21. The fourth-order valence-corrected chi connectivity index (χ4v) is 2.01. The van der Waals surface area contributed by atoms with Crippen LogP contribution < -0.4 is 9.47 Å². The van der Waals surface area contributed by atoms with Gasteiger partial charge < -0.3 is 14.6 Å². The second-order valence-corrected chi connectivity index (χ2v) is 5.21. The fraction of sp³-hybridized carbons (Fsp3) is 0.533. The van der Waals surface area contributed by atoms with Gasteiger partial charge in [-0.2, -0.15) is 5.26 Å². The van der Waals surface area contributed by atoms with Crippen molar-refractivity contribution in [2.75, 3.05) is 13.7 Å². The summed E-state index contributed by atoms with van der Waals surface area (Å²) in [6.07, 6.45) is 2.11. The van der Waals surface area contributed by atoms with E-state index in [1.807, 2.05) is 12.1 Å². The second kappa shape index (κ2) is 5.50. The third-order valence-corrected chi connectivity index (χ3v) is 3.62. The van der Waals surface area contributed by atoms with Gasteiger partial charge in [-0.3, -0.25) is 0 Å². The molecule has 0 saturated heterocycles. The monoisotopic (exact) mass is 261 g/mol. The lowest BCUT2D eigenvalue weighted by Crippen LogP contribution is -2.13. The van der Waals surface area contributed by atoms with Crippen molar-refractivity contribution >= 4 is 0 Å². The topological polar surface area (TPSA) is 62.5 Å². The summed E-state index contributed by atoms with van der Waals surface area (Å²) >= 11 is 0. The van der Waals surface area contributed by atoms with E-state index in [0.717, 1.165) is 18.4 Å². The fourth-order valence-electron chi connectivity index (χ4n) is 2.01. The van der Waals surface area contributed by atoms with Crippen LogP contribution in [0.1, 0.15) is 37.9 Å². The molecule has 0 radical (unpaired) electrons. The van der Waals surface area contributed by atoms with Crippen LogP contribution in [0.4, 0.5) is 0 Å². The van der Waals surface area contributed by atoms with Crippen molar-refractivity contribution in [2.24, 2.45) is 5.41 Å². The average molecular weight is 261 g/mol. The highest BCUT2D eigenvalue weighted by Crippen LogP contribution is 2.49. The SMILES string of the molecule is COc1cc([C@@H](C)O)ccc1OCC1(CC#N)CC1. The molecule has 1 saturated carbocycles. The van der Waals surface area contributed by atoms with Crippen molar-refractivity contribution in [1.82, 2.24) is 0 Å². The maximum atomic E-state index is 9.54. The molecule has 1 aliphatic rings. The zero-order valence-corrected chi connectivity index (χ0v) is 11.3. The first-order valence-electron chi connectivity index (χ1n) is 6.46. The van der Waals surface area contributed by atoms with Crippen LogP contribution in [-0.2, 0) is 0 Å². The maximum absolute atomic E-state index is 9.54. The molecule has 102 valence electrons. The molecule has 4 nitrogen and oxygen atoms in total. The first kappa shape index (κ1) is 13.7. The van der Waals surface area contributed by atoms with Crippen LogP contribution in [0.25, 0.3) is 0 Å². The molecule has 0 amide bonds. The Hall–Kier alpha value is -1.73. The number of ether oxygens (including phenoxy) is 2. The van der Waals surface area contributed by atoms with Gasteiger partial charge >= 0.3 is 0 Å². The Balaban J connectivity index is 2.06. The molecule has 0 heterocycles. The highest BCUT2D eigenvalue weighted by atomic mass is 16.5. The van der Waals surface area contributed by atoms with Gasteiger partial charge in [0.15, 0.2) is 11.5 Å². The van der Waals surface area contributed by atoms with Gasteiger partial charge in [0.2, 0.25) is 0 Å². The minimum Gasteiger partial charge on any atom is -0.493 e. The van der Waals surface area contributed by atoms with Crippen molar-refractivity contribution in [3.8, 4) is 17.6 Å². The van der Waals surface area contributed by atoms with Crippen LogP contribution in [0.5, 0.6) is 11.5 Å². The van der Waals surface area contributed by atoms with E-state index >= 15 is 0 Å². The van der Waals surface area contributed by atoms with E-state index in [1.165, 1.54) is 0 Å². The summed E-state index contributed by atoms with van der Waals surface area (Å²) < 4.78 is 11.1. The number of aliphatic hydroxyl groups is 1. The van der Waals surface area contributed by atoms with Crippen molar-refractivity contribution in [3.63, 3.8) is 0 Å². The van der Waals surface area contributed by atoms with Crippen LogP contribution in [0.15, 0.2) is 18.2 Å². The summed E-state index contributed by atoms with van der Waals surface area (Å²) in [7, 11) is 1.58. The Labute approximate surface area is 113 Å². The lowest BCUT2D eigenvalue weighted by molar-refractivity contribution is 0.197. The molecule has 0 aliphatic heterocycles. The summed E-state index contributed by atoms with van der Waals surface area (Å²) in [6, 6.07) is 7.63. The zero-order chi connectivity index (χ0) is 13.9. The molecule has 0 spiro atoms. The van der Waals surface area contributed by atoms with Crippen LogP contribution in [0.3, 0.4) is 0 Å². The van der Waals surface area contributed by atoms with Gasteiger partial charge in [0.1, 0.15) is 0 Å². The largest absolute Gasteiger partial charge is 0.493 e. The van der Waals surface area contributed by atoms with Gasteiger partial charge in [0, 0.05) is 11.8 Å². The number of benzene rings is 1. The molecule has 1 aromatic carbocycles. The average Bonchev–Trinajstić information content (AvgIpc) is 3.16. The number of hydrogen-bond donors (Lipinski definition) is 1. The highest BCUT2D eigenvalue weighted by molar-refractivity contribution is 5.43. The lowest BCUT2D eigenvalue weighted by Gasteiger charge is -2.16. The van der Waals surface area contributed by atoms with Crippen molar-refractivity contribution < 1.29 is 14.6 Å². The Bertz CT molecular complexity index is 487. The molecule has 1 atom stereocenters. The Morgan fingerprint density at radius 1 is 1.42 bits per heavy atom. The van der Waals surface area contributed by atoms with Crippen LogP contribution in [0, 0.1) is 16.7 Å². The summed E-state index contributed by atoms with van der Waals surface area (Å²) in [6.45, 7) is 2.26. The molecular formula is C15H19NO3. The number of methoxy groups -OCH3 is 1.